The van der Waals surface area contributed by atoms with Crippen LogP contribution in [0.4, 0.5) is 0 Å². The lowest BCUT2D eigenvalue weighted by Gasteiger charge is -2.18. The minimum Gasteiger partial charge on any atom is -0.490 e. The molecule has 0 saturated carbocycles. The summed E-state index contributed by atoms with van der Waals surface area (Å²) in [5.41, 5.74) is 4.25. The first kappa shape index (κ1) is 21.3. The fourth-order valence-corrected chi connectivity index (χ4v) is 4.07. The van der Waals surface area contributed by atoms with Crippen LogP contribution < -0.4 is 14.8 Å². The number of fused-ring (bicyclic) bond motifs is 1. The largest absolute Gasteiger partial charge is 0.490 e. The smallest absolute Gasteiger partial charge is 0.258 e. The van der Waals surface area contributed by atoms with Crippen molar-refractivity contribution < 1.29 is 19.1 Å². The predicted molar refractivity (Wildman–Crippen MR) is 118 cm³/mol. The van der Waals surface area contributed by atoms with Crippen LogP contribution in [0.15, 0.2) is 40.9 Å². The van der Waals surface area contributed by atoms with Crippen LogP contribution in [-0.2, 0) is 6.42 Å². The van der Waals surface area contributed by atoms with Crippen molar-refractivity contribution in [3.63, 3.8) is 0 Å². The maximum atomic E-state index is 9.38. The summed E-state index contributed by atoms with van der Waals surface area (Å²) in [6.45, 7) is 7.09. The van der Waals surface area contributed by atoms with Crippen LogP contribution in [0.2, 0.25) is 0 Å². The second kappa shape index (κ2) is 9.49. The van der Waals surface area contributed by atoms with Gasteiger partial charge in [-0.3, -0.25) is 0 Å². The van der Waals surface area contributed by atoms with E-state index in [1.54, 1.807) is 0 Å². The molecule has 31 heavy (non-hydrogen) atoms. The molecule has 1 aliphatic rings. The van der Waals surface area contributed by atoms with Gasteiger partial charge in [-0.1, -0.05) is 23.4 Å². The molecule has 1 aliphatic carbocycles. The molecule has 164 valence electrons. The van der Waals surface area contributed by atoms with Crippen molar-refractivity contribution in [1.82, 2.24) is 15.5 Å². The molecular weight excluding hydrogens is 394 g/mol. The molecule has 1 aromatic heterocycles. The van der Waals surface area contributed by atoms with Crippen LogP contribution >= 0.6 is 0 Å². The molecule has 0 radical (unpaired) electrons. The summed E-state index contributed by atoms with van der Waals surface area (Å²) in [6.07, 6.45) is 1.92. The molecule has 0 amide bonds. The van der Waals surface area contributed by atoms with Gasteiger partial charge in [-0.25, -0.2) is 0 Å². The number of benzene rings is 2. The molecule has 0 bridgehead atoms. The number of nitrogens with one attached hydrogen (secondary N) is 1. The van der Waals surface area contributed by atoms with E-state index in [1.807, 2.05) is 51.1 Å². The molecule has 0 spiro atoms. The van der Waals surface area contributed by atoms with Crippen LogP contribution in [0.5, 0.6) is 11.5 Å². The molecule has 7 heteroatoms. The van der Waals surface area contributed by atoms with Crippen molar-refractivity contribution >= 4 is 0 Å². The average molecular weight is 424 g/mol. The summed E-state index contributed by atoms with van der Waals surface area (Å²) in [5, 5.41) is 17.1. The zero-order valence-electron chi connectivity index (χ0n) is 18.2. The third kappa shape index (κ3) is 4.43. The predicted octanol–water partition coefficient (Wildman–Crippen LogP) is 4.16. The van der Waals surface area contributed by atoms with Crippen LogP contribution in [-0.4, -0.2) is 41.1 Å². The molecule has 4 rings (SSSR count). The van der Waals surface area contributed by atoms with Crippen molar-refractivity contribution in [3.8, 4) is 34.3 Å². The lowest BCUT2D eigenvalue weighted by Crippen LogP contribution is -2.32. The maximum absolute atomic E-state index is 9.38. The van der Waals surface area contributed by atoms with Gasteiger partial charge in [0.05, 0.1) is 19.8 Å². The Hall–Kier alpha value is -2.90. The van der Waals surface area contributed by atoms with Crippen molar-refractivity contribution in [2.24, 2.45) is 0 Å². The van der Waals surface area contributed by atoms with Gasteiger partial charge in [-0.05, 0) is 62.9 Å². The van der Waals surface area contributed by atoms with Gasteiger partial charge in [0.2, 0.25) is 5.82 Å². The fraction of sp³-hybridized carbons (Fsp3) is 0.417. The summed E-state index contributed by atoms with van der Waals surface area (Å²) in [7, 11) is 0. The third-order valence-electron chi connectivity index (χ3n) is 5.49. The van der Waals surface area contributed by atoms with Crippen molar-refractivity contribution in [3.05, 3.63) is 47.5 Å². The van der Waals surface area contributed by atoms with Crippen LogP contribution in [0.3, 0.4) is 0 Å². The number of aromatic nitrogens is 2. The highest BCUT2D eigenvalue weighted by atomic mass is 16.5. The number of hydrogen-bond acceptors (Lipinski definition) is 7. The molecule has 0 aliphatic heterocycles. The zero-order valence-corrected chi connectivity index (χ0v) is 18.2. The van der Waals surface area contributed by atoms with E-state index in [0.717, 1.165) is 24.0 Å². The Labute approximate surface area is 182 Å². The molecule has 7 nitrogen and oxygen atoms in total. The van der Waals surface area contributed by atoms with Crippen LogP contribution in [0.1, 0.15) is 44.4 Å². The highest BCUT2D eigenvalue weighted by Crippen LogP contribution is 2.38. The molecule has 1 heterocycles. The molecule has 2 aromatic carbocycles. The highest BCUT2D eigenvalue weighted by molar-refractivity contribution is 5.67. The average Bonchev–Trinajstić information content (AvgIpc) is 3.43. The topological polar surface area (TPSA) is 89.6 Å². The first-order valence-electron chi connectivity index (χ1n) is 10.9. The number of rotatable bonds is 9. The first-order valence-corrected chi connectivity index (χ1v) is 10.9. The molecule has 2 atom stereocenters. The number of aliphatic hydroxyl groups excluding tert-OH is 1. The molecule has 2 unspecified atom stereocenters. The third-order valence-corrected chi connectivity index (χ3v) is 5.49. The summed E-state index contributed by atoms with van der Waals surface area (Å²) in [6, 6.07) is 12.1. The Balaban J connectivity index is 1.63. The Bertz CT molecular complexity index is 1030. The van der Waals surface area contributed by atoms with Crippen LogP contribution in [0.25, 0.3) is 22.8 Å². The van der Waals surface area contributed by atoms with Gasteiger partial charge in [-0.15, -0.1) is 0 Å². The van der Waals surface area contributed by atoms with Gasteiger partial charge in [-0.2, -0.15) is 4.98 Å². The Morgan fingerprint density at radius 3 is 2.74 bits per heavy atom. The van der Waals surface area contributed by atoms with Gasteiger partial charge in [0, 0.05) is 23.2 Å². The summed E-state index contributed by atoms with van der Waals surface area (Å²) in [5.74, 6) is 2.38. The molecule has 2 N–H and O–H groups in total. The van der Waals surface area contributed by atoms with E-state index < -0.39 is 0 Å². The number of ether oxygens (including phenoxy) is 2. The van der Waals surface area contributed by atoms with Gasteiger partial charge < -0.3 is 24.4 Å². The highest BCUT2D eigenvalue weighted by Gasteiger charge is 2.27. The fourth-order valence-electron chi connectivity index (χ4n) is 4.07. The lowest BCUT2D eigenvalue weighted by molar-refractivity contribution is 0.240. The van der Waals surface area contributed by atoms with Gasteiger partial charge in [0.1, 0.15) is 0 Å². The molecule has 3 aromatic rings. The lowest BCUT2D eigenvalue weighted by atomic mass is 10.0. The monoisotopic (exact) mass is 423 g/mol. The van der Waals surface area contributed by atoms with Crippen molar-refractivity contribution in [2.75, 3.05) is 19.8 Å². The minimum atomic E-state index is 0.0515. The van der Waals surface area contributed by atoms with E-state index in [0.29, 0.717) is 36.4 Å². The van der Waals surface area contributed by atoms with E-state index in [4.69, 9.17) is 14.0 Å². The summed E-state index contributed by atoms with van der Waals surface area (Å²) >= 11 is 0. The summed E-state index contributed by atoms with van der Waals surface area (Å²) < 4.78 is 17.0. The van der Waals surface area contributed by atoms with Crippen molar-refractivity contribution in [1.29, 1.82) is 0 Å². The Kier molecular flexibility index (Phi) is 6.53. The Morgan fingerprint density at radius 1 is 1.16 bits per heavy atom. The van der Waals surface area contributed by atoms with E-state index >= 15 is 0 Å². The molecule has 0 fully saturated rings. The minimum absolute atomic E-state index is 0.0515. The van der Waals surface area contributed by atoms with Crippen molar-refractivity contribution in [2.45, 2.75) is 45.7 Å². The zero-order chi connectivity index (χ0) is 21.8. The quantitative estimate of drug-likeness (QED) is 0.534. The van der Waals surface area contributed by atoms with Gasteiger partial charge in [0.15, 0.2) is 11.5 Å². The molecular formula is C24H29N3O4. The second-order valence-corrected chi connectivity index (χ2v) is 7.67. The van der Waals surface area contributed by atoms with Gasteiger partial charge in [0.25, 0.3) is 5.89 Å². The maximum Gasteiger partial charge on any atom is 0.258 e. The second-order valence-electron chi connectivity index (χ2n) is 7.67. The Morgan fingerprint density at radius 2 is 1.97 bits per heavy atom. The standard InChI is InChI=1S/C24H29N3O4/c1-4-29-21-12-9-16(13-22(21)30-5-2)24-26-23(27-31-24)19-8-6-7-18-17(19)10-11-20(18)25-15(3)14-28/h6-9,12-13,15,20,25,28H,4-5,10-11,14H2,1-3H3. The van der Waals surface area contributed by atoms with Crippen LogP contribution in [0, 0.1) is 0 Å². The van der Waals surface area contributed by atoms with E-state index in [1.165, 1.54) is 11.1 Å². The normalized spacial score (nSPS) is 16.2. The molecule has 0 saturated heterocycles. The first-order chi connectivity index (χ1) is 15.1. The van der Waals surface area contributed by atoms with E-state index in [2.05, 4.69) is 21.5 Å². The number of hydrogen-bond donors (Lipinski definition) is 2. The van der Waals surface area contributed by atoms with E-state index in [-0.39, 0.29) is 18.7 Å². The number of nitrogens with zero attached hydrogens (tertiary/aromatic N) is 2. The van der Waals surface area contributed by atoms with Gasteiger partial charge >= 0.3 is 0 Å². The number of aliphatic hydroxyl groups is 1. The summed E-state index contributed by atoms with van der Waals surface area (Å²) in [4.78, 5) is 4.67. The van der Waals surface area contributed by atoms with E-state index in [9.17, 15) is 5.11 Å². The SMILES string of the molecule is CCOc1ccc(-c2nc(-c3cccc4c3CCC4NC(C)CO)no2)cc1OCC.